The molecule has 2 rings (SSSR count). The first kappa shape index (κ1) is 14.1. The number of rotatable bonds is 5. The summed E-state index contributed by atoms with van der Waals surface area (Å²) in [6, 6.07) is 7.35. The summed E-state index contributed by atoms with van der Waals surface area (Å²) in [4.78, 5) is 12.3. The largest absolute Gasteiger partial charge is 0.496 e. The zero-order chi connectivity index (χ0) is 14.5. The van der Waals surface area contributed by atoms with Gasteiger partial charge in [-0.25, -0.2) is 0 Å². The quantitative estimate of drug-likeness (QED) is 0.880. The minimum atomic E-state index is -0.222. The highest BCUT2D eigenvalue weighted by Crippen LogP contribution is 2.21. The van der Waals surface area contributed by atoms with E-state index in [2.05, 4.69) is 22.4 Å². The van der Waals surface area contributed by atoms with Gasteiger partial charge in [0.15, 0.2) is 5.82 Å². The van der Waals surface area contributed by atoms with Gasteiger partial charge < -0.3 is 10.1 Å². The number of ether oxygens (including phenoxy) is 1. The lowest BCUT2D eigenvalue weighted by atomic mass is 10.1. The van der Waals surface area contributed by atoms with Crippen molar-refractivity contribution >= 4 is 11.7 Å². The number of nitrogens with one attached hydrogen (secondary N) is 2. The minimum absolute atomic E-state index is 0.222. The Bertz CT molecular complexity index is 605. The third-order valence-corrected chi connectivity index (χ3v) is 2.99. The molecule has 2 aromatic rings. The molecule has 0 unspecified atom stereocenters. The van der Waals surface area contributed by atoms with E-state index in [9.17, 15) is 4.79 Å². The lowest BCUT2D eigenvalue weighted by molar-refractivity contribution is 0.102. The molecular formula is C15H19N3O2. The Labute approximate surface area is 118 Å². The van der Waals surface area contributed by atoms with Gasteiger partial charge in [-0.2, -0.15) is 5.10 Å². The van der Waals surface area contributed by atoms with Crippen molar-refractivity contribution in [3.63, 3.8) is 0 Å². The summed E-state index contributed by atoms with van der Waals surface area (Å²) in [6.45, 7) is 4.03. The fraction of sp³-hybridized carbons (Fsp3) is 0.333. The Morgan fingerprint density at radius 2 is 2.20 bits per heavy atom. The number of anilines is 1. The number of amides is 1. The van der Waals surface area contributed by atoms with Crippen molar-refractivity contribution in [3.05, 3.63) is 41.1 Å². The second-order valence-corrected chi connectivity index (χ2v) is 4.69. The second-order valence-electron chi connectivity index (χ2n) is 4.69. The van der Waals surface area contributed by atoms with E-state index in [4.69, 9.17) is 4.74 Å². The number of aromatic amines is 1. The van der Waals surface area contributed by atoms with E-state index in [-0.39, 0.29) is 5.91 Å². The van der Waals surface area contributed by atoms with Crippen LogP contribution in [0.25, 0.3) is 0 Å². The van der Waals surface area contributed by atoms with E-state index in [1.165, 1.54) is 0 Å². The van der Waals surface area contributed by atoms with Gasteiger partial charge in [-0.1, -0.05) is 25.0 Å². The average molecular weight is 273 g/mol. The maximum Gasteiger partial charge on any atom is 0.260 e. The number of methoxy groups -OCH3 is 1. The van der Waals surface area contributed by atoms with Crippen molar-refractivity contribution in [1.29, 1.82) is 0 Å². The lowest BCUT2D eigenvalue weighted by Gasteiger charge is -2.08. The van der Waals surface area contributed by atoms with Crippen molar-refractivity contribution in [2.75, 3.05) is 12.4 Å². The summed E-state index contributed by atoms with van der Waals surface area (Å²) in [7, 11) is 1.55. The first-order chi connectivity index (χ1) is 9.63. The first-order valence-corrected chi connectivity index (χ1v) is 6.64. The summed E-state index contributed by atoms with van der Waals surface area (Å²) in [6.07, 6.45) is 1.94. The Morgan fingerprint density at radius 1 is 1.40 bits per heavy atom. The maximum atomic E-state index is 12.3. The van der Waals surface area contributed by atoms with Crippen LogP contribution < -0.4 is 10.1 Å². The number of benzene rings is 1. The molecule has 1 aromatic heterocycles. The standard InChI is InChI=1S/C15H19N3O2/c1-4-5-11-9-14(18-17-11)16-15(19)12-8-10(2)6-7-13(12)20-3/h6-9H,4-5H2,1-3H3,(H2,16,17,18,19). The number of carbonyl (C=O) groups is 1. The topological polar surface area (TPSA) is 67.0 Å². The molecule has 20 heavy (non-hydrogen) atoms. The Kier molecular flexibility index (Phi) is 4.40. The van der Waals surface area contributed by atoms with Crippen LogP contribution in [0.4, 0.5) is 5.82 Å². The van der Waals surface area contributed by atoms with Gasteiger partial charge in [0.25, 0.3) is 5.91 Å². The summed E-state index contributed by atoms with van der Waals surface area (Å²) in [5.74, 6) is 0.861. The first-order valence-electron chi connectivity index (χ1n) is 6.64. The van der Waals surface area contributed by atoms with Crippen LogP contribution in [-0.4, -0.2) is 23.2 Å². The number of hydrogen-bond donors (Lipinski definition) is 2. The molecule has 0 aliphatic heterocycles. The van der Waals surface area contributed by atoms with Gasteiger partial charge in [0, 0.05) is 11.8 Å². The van der Waals surface area contributed by atoms with E-state index in [1.807, 2.05) is 19.1 Å². The van der Waals surface area contributed by atoms with E-state index < -0.39 is 0 Å². The SMILES string of the molecule is CCCc1cc(NC(=O)c2cc(C)ccc2OC)n[nH]1. The Hall–Kier alpha value is -2.30. The summed E-state index contributed by atoms with van der Waals surface area (Å²) in [5, 5.41) is 9.77. The fourth-order valence-electron chi connectivity index (χ4n) is 2.01. The molecule has 0 aliphatic rings. The zero-order valence-electron chi connectivity index (χ0n) is 12.0. The van der Waals surface area contributed by atoms with Gasteiger partial charge in [-0.3, -0.25) is 9.89 Å². The van der Waals surface area contributed by atoms with Crippen LogP contribution in [0, 0.1) is 6.92 Å². The van der Waals surface area contributed by atoms with Gasteiger partial charge in [0.05, 0.1) is 12.7 Å². The molecular weight excluding hydrogens is 254 g/mol. The highest BCUT2D eigenvalue weighted by molar-refractivity contribution is 6.05. The van der Waals surface area contributed by atoms with Crippen LogP contribution in [0.5, 0.6) is 5.75 Å². The van der Waals surface area contributed by atoms with Gasteiger partial charge in [-0.15, -0.1) is 0 Å². The Morgan fingerprint density at radius 3 is 2.90 bits per heavy atom. The monoisotopic (exact) mass is 273 g/mol. The summed E-state index contributed by atoms with van der Waals surface area (Å²) in [5.41, 5.74) is 2.52. The molecule has 0 spiro atoms. The fourth-order valence-corrected chi connectivity index (χ4v) is 2.01. The second kappa shape index (κ2) is 6.23. The molecule has 106 valence electrons. The van der Waals surface area contributed by atoms with Crippen LogP contribution in [0.15, 0.2) is 24.3 Å². The van der Waals surface area contributed by atoms with E-state index in [0.29, 0.717) is 17.1 Å². The van der Waals surface area contributed by atoms with Gasteiger partial charge in [-0.05, 0) is 25.5 Å². The van der Waals surface area contributed by atoms with Crippen LogP contribution in [0.2, 0.25) is 0 Å². The Balaban J connectivity index is 2.16. The normalized spacial score (nSPS) is 10.3. The maximum absolute atomic E-state index is 12.3. The third kappa shape index (κ3) is 3.17. The van der Waals surface area contributed by atoms with Crippen LogP contribution in [0.1, 0.15) is 35.0 Å². The summed E-state index contributed by atoms with van der Waals surface area (Å²) < 4.78 is 5.21. The lowest BCUT2D eigenvalue weighted by Crippen LogP contribution is -2.13. The van der Waals surface area contributed by atoms with Crippen molar-refractivity contribution in [2.45, 2.75) is 26.7 Å². The van der Waals surface area contributed by atoms with E-state index in [1.54, 1.807) is 19.2 Å². The molecule has 0 radical (unpaired) electrons. The zero-order valence-corrected chi connectivity index (χ0v) is 12.0. The van der Waals surface area contributed by atoms with E-state index >= 15 is 0 Å². The summed E-state index contributed by atoms with van der Waals surface area (Å²) >= 11 is 0. The van der Waals surface area contributed by atoms with Crippen LogP contribution >= 0.6 is 0 Å². The molecule has 0 aliphatic carbocycles. The molecule has 1 heterocycles. The van der Waals surface area contributed by atoms with E-state index in [0.717, 1.165) is 24.1 Å². The van der Waals surface area contributed by atoms with Crippen molar-refractivity contribution in [3.8, 4) is 5.75 Å². The van der Waals surface area contributed by atoms with Crippen molar-refractivity contribution in [2.24, 2.45) is 0 Å². The molecule has 0 atom stereocenters. The van der Waals surface area contributed by atoms with Crippen molar-refractivity contribution < 1.29 is 9.53 Å². The number of aromatic nitrogens is 2. The number of aryl methyl sites for hydroxylation is 2. The molecule has 0 saturated carbocycles. The van der Waals surface area contributed by atoms with Gasteiger partial charge in [0.1, 0.15) is 5.75 Å². The molecule has 5 nitrogen and oxygen atoms in total. The number of H-pyrrole nitrogens is 1. The predicted molar refractivity (Wildman–Crippen MR) is 78.3 cm³/mol. The molecule has 0 saturated heterocycles. The average Bonchev–Trinajstić information content (AvgIpc) is 2.86. The van der Waals surface area contributed by atoms with Crippen LogP contribution in [0.3, 0.4) is 0 Å². The smallest absolute Gasteiger partial charge is 0.260 e. The van der Waals surface area contributed by atoms with Crippen LogP contribution in [-0.2, 0) is 6.42 Å². The molecule has 1 amide bonds. The highest BCUT2D eigenvalue weighted by Gasteiger charge is 2.14. The van der Waals surface area contributed by atoms with Crippen molar-refractivity contribution in [1.82, 2.24) is 10.2 Å². The predicted octanol–water partition coefficient (Wildman–Crippen LogP) is 2.93. The number of nitrogens with zero attached hydrogens (tertiary/aromatic N) is 1. The highest BCUT2D eigenvalue weighted by atomic mass is 16.5. The molecule has 1 aromatic carbocycles. The molecule has 2 N–H and O–H groups in total. The minimum Gasteiger partial charge on any atom is -0.496 e. The number of hydrogen-bond acceptors (Lipinski definition) is 3. The molecule has 0 bridgehead atoms. The molecule has 0 fully saturated rings. The molecule has 5 heteroatoms. The van der Waals surface area contributed by atoms with Gasteiger partial charge >= 0.3 is 0 Å². The number of carbonyl (C=O) groups excluding carboxylic acids is 1. The van der Waals surface area contributed by atoms with Gasteiger partial charge in [0.2, 0.25) is 0 Å². The third-order valence-electron chi connectivity index (χ3n) is 2.99.